The van der Waals surface area contributed by atoms with Crippen LogP contribution >= 0.6 is 0 Å². The maximum Gasteiger partial charge on any atom is 0.0159 e. The highest BCUT2D eigenvalue weighted by molar-refractivity contribution is 5.81. The first-order valence-electron chi connectivity index (χ1n) is 29.9. The topological polar surface area (TPSA) is 0 Å². The van der Waals surface area contributed by atoms with Gasteiger partial charge in [0, 0.05) is 5.41 Å². The maximum atomic E-state index is 2.34. The number of rotatable bonds is 4. The maximum absolute atomic E-state index is 2.34. The number of hydrogen-bond acceptors (Lipinski definition) is 0. The molecular weight excluding hydrogens is 1010 g/mol. The summed E-state index contributed by atoms with van der Waals surface area (Å²) in [6.07, 6.45) is 0. The summed E-state index contributed by atoms with van der Waals surface area (Å²) in [5, 5.41) is 0. The third-order valence-corrected chi connectivity index (χ3v) is 16.4. The van der Waals surface area contributed by atoms with Crippen LogP contribution in [0.5, 0.6) is 0 Å². The van der Waals surface area contributed by atoms with Gasteiger partial charge in [-0.1, -0.05) is 284 Å². The van der Waals surface area contributed by atoms with E-state index in [-0.39, 0.29) is 5.41 Å². The van der Waals surface area contributed by atoms with Crippen molar-refractivity contribution >= 4 is 0 Å². The first kappa shape index (κ1) is 63.0. The summed E-state index contributed by atoms with van der Waals surface area (Å²) in [4.78, 5) is 0. The minimum Gasteiger partial charge on any atom is -0.0620 e. The standard InChI is InChI=1S/C17H18.C15H16.3C14H14.C10H14/c1-11-5-7-13-14-8-6-12(2)10-16(14)17(3,4)15(13)9-11;1-11-8-9-15(13(3)10-11)14-7-5-4-6-12(14)2;1-11-5-3-7-13(9-11)14-8-4-6-12(2)10-14;1-11-7-3-5-9-13(11)14-10-6-4-8-12(14)2;1-11-7-9-13(10-8-11)14-6-4-3-5-12(14)2;1-7-5-9(3)10(4)6-8(7)2/h5-10H,1-4H3;4-10H,1-3H3;3*3-10H,1-2H3;5-6H,1-4H3. The minimum atomic E-state index is 0.142. The van der Waals surface area contributed by atoms with Crippen LogP contribution in [0, 0.1) is 104 Å². The number of aryl methyl sites for hydroxylation is 15. The molecule has 0 spiro atoms. The van der Waals surface area contributed by atoms with Crippen LogP contribution in [0.25, 0.3) is 55.6 Å². The molecule has 0 radical (unpaired) electrons. The van der Waals surface area contributed by atoms with E-state index in [9.17, 15) is 0 Å². The summed E-state index contributed by atoms with van der Waals surface area (Å²) in [6, 6.07) is 84.6. The SMILES string of the molecule is Cc1cc(C)c(C)cc1C.Cc1ccc(-c2ccccc2C)c(C)c1.Cc1ccc(-c2ccccc2C)cc1.Cc1ccc2c(c1)C(C)(C)c1cc(C)ccc1-2.Cc1cccc(-c2cccc(C)c2)c1.Cc1ccccc1-c1ccccc1C. The Morgan fingerprint density at radius 1 is 0.179 bits per heavy atom. The summed E-state index contributed by atoms with van der Waals surface area (Å²) >= 11 is 0. The van der Waals surface area contributed by atoms with Crippen LogP contribution in [-0.4, -0.2) is 0 Å². The van der Waals surface area contributed by atoms with Crippen LogP contribution in [-0.2, 0) is 5.41 Å². The second-order valence-electron chi connectivity index (χ2n) is 23.9. The fourth-order valence-corrected chi connectivity index (χ4v) is 11.1. The van der Waals surface area contributed by atoms with Crippen LogP contribution in [0.2, 0.25) is 0 Å². The van der Waals surface area contributed by atoms with Crippen molar-refractivity contribution in [2.45, 2.75) is 123 Å². The lowest BCUT2D eigenvalue weighted by Crippen LogP contribution is -2.15. The lowest BCUT2D eigenvalue weighted by atomic mass is 9.81. The molecule has 84 heavy (non-hydrogen) atoms. The van der Waals surface area contributed by atoms with Gasteiger partial charge >= 0.3 is 0 Å². The van der Waals surface area contributed by atoms with Crippen LogP contribution in [0.1, 0.15) is 108 Å². The highest BCUT2D eigenvalue weighted by Gasteiger charge is 2.35. The van der Waals surface area contributed by atoms with Gasteiger partial charge in [-0.3, -0.25) is 0 Å². The zero-order chi connectivity index (χ0) is 60.7. The van der Waals surface area contributed by atoms with Crippen molar-refractivity contribution in [3.05, 3.63) is 331 Å². The molecule has 0 aromatic heterocycles. The molecule has 1 aliphatic carbocycles. The molecule has 0 unspecified atom stereocenters. The molecule has 0 saturated heterocycles. The lowest BCUT2D eigenvalue weighted by Gasteiger charge is -2.22. The van der Waals surface area contributed by atoms with Crippen molar-refractivity contribution in [3.8, 4) is 55.6 Å². The van der Waals surface area contributed by atoms with Gasteiger partial charge in [-0.15, -0.1) is 0 Å². The van der Waals surface area contributed by atoms with Gasteiger partial charge in [0.2, 0.25) is 0 Å². The molecule has 11 aromatic carbocycles. The van der Waals surface area contributed by atoms with Gasteiger partial charge in [0.15, 0.2) is 0 Å². The molecular formula is C84H90. The van der Waals surface area contributed by atoms with Crippen LogP contribution < -0.4 is 0 Å². The summed E-state index contributed by atoms with van der Waals surface area (Å²) < 4.78 is 0. The van der Waals surface area contributed by atoms with Crippen molar-refractivity contribution in [3.63, 3.8) is 0 Å². The van der Waals surface area contributed by atoms with Crippen LogP contribution in [0.4, 0.5) is 0 Å². The van der Waals surface area contributed by atoms with E-state index in [4.69, 9.17) is 0 Å². The fraction of sp³-hybridized carbons (Fsp3) is 0.214. The number of fused-ring (bicyclic) bond motifs is 3. The first-order chi connectivity index (χ1) is 40.1. The van der Waals surface area contributed by atoms with Crippen molar-refractivity contribution in [2.24, 2.45) is 0 Å². The summed E-state index contributed by atoms with van der Waals surface area (Å²) in [5.74, 6) is 0. The van der Waals surface area contributed by atoms with E-state index < -0.39 is 0 Å². The third kappa shape index (κ3) is 16.6. The molecule has 0 amide bonds. The Morgan fingerprint density at radius 3 is 0.821 bits per heavy atom. The first-order valence-corrected chi connectivity index (χ1v) is 29.9. The molecule has 0 heteroatoms. The van der Waals surface area contributed by atoms with Crippen LogP contribution in [0.3, 0.4) is 0 Å². The van der Waals surface area contributed by atoms with Gasteiger partial charge in [-0.05, 0) is 221 Å². The molecule has 0 atom stereocenters. The molecule has 0 aliphatic heterocycles. The predicted molar refractivity (Wildman–Crippen MR) is 369 cm³/mol. The summed E-state index contributed by atoms with van der Waals surface area (Å²) in [7, 11) is 0. The molecule has 0 saturated carbocycles. The zero-order valence-corrected chi connectivity index (χ0v) is 53.5. The Morgan fingerprint density at radius 2 is 0.476 bits per heavy atom. The quantitative estimate of drug-likeness (QED) is 0.165. The normalized spacial score (nSPS) is 11.2. The van der Waals surface area contributed by atoms with Crippen molar-refractivity contribution in [1.29, 1.82) is 0 Å². The highest BCUT2D eigenvalue weighted by atomic mass is 14.4. The molecule has 426 valence electrons. The zero-order valence-electron chi connectivity index (χ0n) is 53.5. The Kier molecular flexibility index (Phi) is 21.8. The fourth-order valence-electron chi connectivity index (χ4n) is 11.1. The number of benzene rings is 11. The Labute approximate surface area is 507 Å². The largest absolute Gasteiger partial charge is 0.0620 e. The average Bonchev–Trinajstić information content (AvgIpc) is 2.02. The highest BCUT2D eigenvalue weighted by Crippen LogP contribution is 2.49. The van der Waals surface area contributed by atoms with Gasteiger partial charge in [-0.25, -0.2) is 0 Å². The van der Waals surface area contributed by atoms with E-state index in [1.165, 1.54) is 150 Å². The smallest absolute Gasteiger partial charge is 0.0159 e. The molecule has 11 aromatic rings. The lowest BCUT2D eigenvalue weighted by molar-refractivity contribution is 0.659. The van der Waals surface area contributed by atoms with E-state index in [0.717, 1.165) is 0 Å². The Balaban J connectivity index is 0.000000146. The summed E-state index contributed by atoms with van der Waals surface area (Å²) in [5.41, 5.74) is 36.7. The van der Waals surface area contributed by atoms with Crippen molar-refractivity contribution in [1.82, 2.24) is 0 Å². The molecule has 0 N–H and O–H groups in total. The second-order valence-corrected chi connectivity index (χ2v) is 23.9. The summed E-state index contributed by atoms with van der Waals surface area (Å²) in [6.45, 7) is 36.9. The van der Waals surface area contributed by atoms with Gasteiger partial charge < -0.3 is 0 Å². The Hall–Kier alpha value is -8.58. The number of hydrogen-bond donors (Lipinski definition) is 0. The third-order valence-electron chi connectivity index (χ3n) is 16.4. The molecule has 0 bridgehead atoms. The molecule has 0 nitrogen and oxygen atoms in total. The Bertz CT molecular complexity index is 3780. The van der Waals surface area contributed by atoms with Crippen molar-refractivity contribution < 1.29 is 0 Å². The van der Waals surface area contributed by atoms with Gasteiger partial charge in [0.25, 0.3) is 0 Å². The van der Waals surface area contributed by atoms with Gasteiger partial charge in [-0.2, -0.15) is 0 Å². The van der Waals surface area contributed by atoms with E-state index in [2.05, 4.69) is 354 Å². The molecule has 0 fully saturated rings. The van der Waals surface area contributed by atoms with E-state index >= 15 is 0 Å². The monoisotopic (exact) mass is 1100 g/mol. The van der Waals surface area contributed by atoms with Gasteiger partial charge in [0.1, 0.15) is 0 Å². The molecule has 1 aliphatic rings. The molecule has 12 rings (SSSR count). The van der Waals surface area contributed by atoms with Crippen molar-refractivity contribution in [2.75, 3.05) is 0 Å². The van der Waals surface area contributed by atoms with E-state index in [1.807, 2.05) is 0 Å². The predicted octanol–water partition coefficient (Wildman–Crippen LogP) is 23.7. The van der Waals surface area contributed by atoms with E-state index in [0.29, 0.717) is 0 Å². The molecule has 0 heterocycles. The second kappa shape index (κ2) is 29.1. The average molecular weight is 1100 g/mol. The minimum absolute atomic E-state index is 0.142. The van der Waals surface area contributed by atoms with Gasteiger partial charge in [0.05, 0.1) is 0 Å². The van der Waals surface area contributed by atoms with E-state index in [1.54, 1.807) is 0 Å². The van der Waals surface area contributed by atoms with Crippen LogP contribution in [0.15, 0.2) is 237 Å².